The molecule has 2 heterocycles. The third-order valence-electron chi connectivity index (χ3n) is 4.42. The van der Waals surface area contributed by atoms with Crippen molar-refractivity contribution in [2.24, 2.45) is 0 Å². The van der Waals surface area contributed by atoms with E-state index in [0.717, 1.165) is 4.90 Å². The summed E-state index contributed by atoms with van der Waals surface area (Å²) in [5.74, 6) is -0.236. The molecule has 6 nitrogen and oxygen atoms in total. The first kappa shape index (κ1) is 19.6. The zero-order chi connectivity index (χ0) is 20.3. The van der Waals surface area contributed by atoms with Crippen LogP contribution in [0.2, 0.25) is 5.02 Å². The Kier molecular flexibility index (Phi) is 5.78. The van der Waals surface area contributed by atoms with Gasteiger partial charge in [-0.1, -0.05) is 23.7 Å². The second kappa shape index (κ2) is 8.26. The van der Waals surface area contributed by atoms with E-state index in [1.807, 2.05) is 24.3 Å². The summed E-state index contributed by atoms with van der Waals surface area (Å²) in [6, 6.07) is 12.5. The summed E-state index contributed by atoms with van der Waals surface area (Å²) in [7, 11) is 0. The molecule has 2 aromatic rings. The topological polar surface area (TPSA) is 94.5 Å². The molecule has 1 aromatic heterocycles. The highest BCUT2D eigenvalue weighted by atomic mass is 35.5. The SMILES string of the molecule is CC1=C(C#N)C(=O)N(CCCO)C(=O)/C1=C\c1ccc(-c2ccccc2Cl)o1. The number of halogens is 1. The van der Waals surface area contributed by atoms with Crippen molar-refractivity contribution in [1.29, 1.82) is 5.26 Å². The molecule has 7 heteroatoms. The summed E-state index contributed by atoms with van der Waals surface area (Å²) in [5, 5.41) is 18.9. The lowest BCUT2D eigenvalue weighted by Gasteiger charge is -2.27. The van der Waals surface area contributed by atoms with Gasteiger partial charge in [0.2, 0.25) is 0 Å². The summed E-state index contributed by atoms with van der Waals surface area (Å²) in [6.07, 6.45) is 1.74. The number of amides is 2. The Hall–Kier alpha value is -3.14. The van der Waals surface area contributed by atoms with E-state index < -0.39 is 11.8 Å². The number of furan rings is 1. The Morgan fingerprint density at radius 3 is 2.64 bits per heavy atom. The van der Waals surface area contributed by atoms with Crippen molar-refractivity contribution < 1.29 is 19.1 Å². The van der Waals surface area contributed by atoms with Crippen LogP contribution in [0.25, 0.3) is 17.4 Å². The largest absolute Gasteiger partial charge is 0.457 e. The molecular weight excluding hydrogens is 380 g/mol. The average Bonchev–Trinajstić information content (AvgIpc) is 3.14. The first-order valence-electron chi connectivity index (χ1n) is 8.62. The number of aliphatic hydroxyl groups excluding tert-OH is 1. The number of carbonyl (C=O) groups is 2. The maximum absolute atomic E-state index is 12.8. The molecule has 0 saturated heterocycles. The lowest BCUT2D eigenvalue weighted by Crippen LogP contribution is -2.43. The molecule has 0 spiro atoms. The fourth-order valence-corrected chi connectivity index (χ4v) is 3.17. The van der Waals surface area contributed by atoms with Gasteiger partial charge in [0.25, 0.3) is 11.8 Å². The van der Waals surface area contributed by atoms with Crippen LogP contribution in [0.5, 0.6) is 0 Å². The lowest BCUT2D eigenvalue weighted by atomic mass is 9.94. The van der Waals surface area contributed by atoms with Gasteiger partial charge in [0.05, 0.1) is 5.02 Å². The van der Waals surface area contributed by atoms with E-state index in [-0.39, 0.29) is 30.7 Å². The van der Waals surface area contributed by atoms with Gasteiger partial charge in [-0.25, -0.2) is 0 Å². The van der Waals surface area contributed by atoms with Crippen LogP contribution in [0.3, 0.4) is 0 Å². The maximum atomic E-state index is 12.8. The zero-order valence-electron chi connectivity index (χ0n) is 15.1. The number of aliphatic hydroxyl groups is 1. The van der Waals surface area contributed by atoms with Crippen molar-refractivity contribution in [2.75, 3.05) is 13.2 Å². The van der Waals surface area contributed by atoms with Gasteiger partial charge < -0.3 is 9.52 Å². The molecule has 1 aliphatic rings. The Morgan fingerprint density at radius 1 is 1.21 bits per heavy atom. The van der Waals surface area contributed by atoms with Crippen LogP contribution in [0.1, 0.15) is 19.1 Å². The Bertz CT molecular complexity index is 1040. The third kappa shape index (κ3) is 3.63. The predicted molar refractivity (Wildman–Crippen MR) is 104 cm³/mol. The molecule has 1 N–H and O–H groups in total. The van der Waals surface area contributed by atoms with Gasteiger partial charge in [-0.05, 0) is 49.3 Å². The second-order valence-electron chi connectivity index (χ2n) is 6.19. The molecule has 0 radical (unpaired) electrons. The van der Waals surface area contributed by atoms with Gasteiger partial charge in [0.15, 0.2) is 0 Å². The smallest absolute Gasteiger partial charge is 0.271 e. The van der Waals surface area contributed by atoms with E-state index >= 15 is 0 Å². The van der Waals surface area contributed by atoms with Gasteiger partial charge in [-0.3, -0.25) is 14.5 Å². The third-order valence-corrected chi connectivity index (χ3v) is 4.75. The molecule has 0 unspecified atom stereocenters. The number of hydrogen-bond acceptors (Lipinski definition) is 5. The first-order valence-corrected chi connectivity index (χ1v) is 9.00. The molecule has 0 atom stereocenters. The fraction of sp³-hybridized carbons (Fsp3) is 0.190. The second-order valence-corrected chi connectivity index (χ2v) is 6.60. The minimum absolute atomic E-state index is 0.0347. The van der Waals surface area contributed by atoms with Gasteiger partial charge in [0.1, 0.15) is 23.2 Å². The highest BCUT2D eigenvalue weighted by molar-refractivity contribution is 6.33. The average molecular weight is 397 g/mol. The van der Waals surface area contributed by atoms with E-state index in [1.54, 1.807) is 25.1 Å². The van der Waals surface area contributed by atoms with Crippen LogP contribution in [0, 0.1) is 11.3 Å². The first-order chi connectivity index (χ1) is 13.5. The van der Waals surface area contributed by atoms with Gasteiger partial charge >= 0.3 is 0 Å². The number of benzene rings is 1. The highest BCUT2D eigenvalue weighted by Crippen LogP contribution is 2.31. The summed E-state index contributed by atoms with van der Waals surface area (Å²) in [4.78, 5) is 26.2. The molecular formula is C21H17ClN2O4. The van der Waals surface area contributed by atoms with Gasteiger partial charge in [0, 0.05) is 24.3 Å². The number of nitriles is 1. The van der Waals surface area contributed by atoms with Crippen LogP contribution in [0.15, 0.2) is 57.5 Å². The summed E-state index contributed by atoms with van der Waals surface area (Å²) in [6.45, 7) is 1.43. The van der Waals surface area contributed by atoms with E-state index in [0.29, 0.717) is 27.7 Å². The van der Waals surface area contributed by atoms with Crippen LogP contribution in [0.4, 0.5) is 0 Å². The molecule has 1 aliphatic heterocycles. The normalized spacial score (nSPS) is 16.1. The van der Waals surface area contributed by atoms with Crippen molar-refractivity contribution >= 4 is 29.5 Å². The molecule has 142 valence electrons. The lowest BCUT2D eigenvalue weighted by molar-refractivity contribution is -0.140. The number of carbonyl (C=O) groups excluding carboxylic acids is 2. The molecule has 0 saturated carbocycles. The van der Waals surface area contributed by atoms with Crippen molar-refractivity contribution in [3.8, 4) is 17.4 Å². The van der Waals surface area contributed by atoms with Gasteiger partial charge in [-0.15, -0.1) is 0 Å². The molecule has 1 aromatic carbocycles. The highest BCUT2D eigenvalue weighted by Gasteiger charge is 2.35. The fourth-order valence-electron chi connectivity index (χ4n) is 2.94. The number of rotatable bonds is 5. The number of hydrogen-bond donors (Lipinski definition) is 1. The molecule has 3 rings (SSSR count). The number of nitrogens with zero attached hydrogens (tertiary/aromatic N) is 2. The van der Waals surface area contributed by atoms with Crippen molar-refractivity contribution in [3.63, 3.8) is 0 Å². The number of imide groups is 1. The minimum Gasteiger partial charge on any atom is -0.457 e. The van der Waals surface area contributed by atoms with Gasteiger partial charge in [-0.2, -0.15) is 5.26 Å². The van der Waals surface area contributed by atoms with E-state index in [1.165, 1.54) is 6.08 Å². The van der Waals surface area contributed by atoms with E-state index in [4.69, 9.17) is 21.1 Å². The molecule has 0 aliphatic carbocycles. The maximum Gasteiger partial charge on any atom is 0.271 e. The van der Waals surface area contributed by atoms with Crippen LogP contribution < -0.4 is 0 Å². The van der Waals surface area contributed by atoms with Crippen molar-refractivity contribution in [1.82, 2.24) is 4.90 Å². The Balaban J connectivity index is 2.02. The minimum atomic E-state index is -0.646. The van der Waals surface area contributed by atoms with E-state index in [2.05, 4.69) is 0 Å². The van der Waals surface area contributed by atoms with Crippen molar-refractivity contribution in [3.05, 3.63) is 63.9 Å². The summed E-state index contributed by atoms with van der Waals surface area (Å²) < 4.78 is 5.80. The Labute approximate surface area is 166 Å². The summed E-state index contributed by atoms with van der Waals surface area (Å²) >= 11 is 6.19. The quantitative estimate of drug-likeness (QED) is 0.615. The monoisotopic (exact) mass is 396 g/mol. The zero-order valence-corrected chi connectivity index (χ0v) is 15.9. The standard InChI is InChI=1S/C21H17ClN2O4/c1-13-16(20(26)24(9-4-10-25)21(27)17(13)12-23)11-14-7-8-19(28-14)15-5-2-3-6-18(15)22/h2-3,5-8,11,25H,4,9-10H2,1H3/b16-11-. The Morgan fingerprint density at radius 2 is 1.96 bits per heavy atom. The molecule has 28 heavy (non-hydrogen) atoms. The summed E-state index contributed by atoms with van der Waals surface area (Å²) in [5.41, 5.74) is 1.12. The molecule has 0 fully saturated rings. The van der Waals surface area contributed by atoms with Crippen LogP contribution >= 0.6 is 11.6 Å². The molecule has 0 bridgehead atoms. The van der Waals surface area contributed by atoms with Crippen LogP contribution in [-0.2, 0) is 9.59 Å². The van der Waals surface area contributed by atoms with Crippen LogP contribution in [-0.4, -0.2) is 35.0 Å². The van der Waals surface area contributed by atoms with E-state index in [9.17, 15) is 14.9 Å². The molecule has 2 amide bonds. The predicted octanol–water partition coefficient (Wildman–Crippen LogP) is 3.57. The van der Waals surface area contributed by atoms with Crippen molar-refractivity contribution in [2.45, 2.75) is 13.3 Å².